The van der Waals surface area contributed by atoms with Crippen molar-refractivity contribution < 1.29 is 19.7 Å². The number of aliphatic hydroxyl groups is 1. The average molecular weight is 191 g/mol. The molecule has 5 heteroatoms. The molecule has 0 amide bonds. The monoisotopic (exact) mass is 191 g/mol. The van der Waals surface area contributed by atoms with E-state index in [0.29, 0.717) is 13.0 Å². The zero-order valence-electron chi connectivity index (χ0n) is 7.82. The predicted molar refractivity (Wildman–Crippen MR) is 47.3 cm³/mol. The summed E-state index contributed by atoms with van der Waals surface area (Å²) < 4.78 is 4.98. The first-order valence-electron chi connectivity index (χ1n) is 4.19. The SMILES string of the molecule is C[C@](CCN)(COCCO)C(=O)O. The summed E-state index contributed by atoms with van der Waals surface area (Å²) >= 11 is 0. The van der Waals surface area contributed by atoms with Crippen LogP contribution in [0.4, 0.5) is 0 Å². The van der Waals surface area contributed by atoms with E-state index in [2.05, 4.69) is 0 Å². The van der Waals surface area contributed by atoms with Crippen molar-refractivity contribution in [1.82, 2.24) is 0 Å². The molecule has 0 aromatic rings. The summed E-state index contributed by atoms with van der Waals surface area (Å²) in [5.74, 6) is -0.920. The molecule has 0 bridgehead atoms. The van der Waals surface area contributed by atoms with E-state index in [0.717, 1.165) is 0 Å². The molecule has 0 aliphatic rings. The van der Waals surface area contributed by atoms with E-state index in [1.165, 1.54) is 0 Å². The number of hydrogen-bond acceptors (Lipinski definition) is 4. The summed E-state index contributed by atoms with van der Waals surface area (Å²) in [7, 11) is 0. The van der Waals surface area contributed by atoms with Gasteiger partial charge in [-0.3, -0.25) is 4.79 Å². The van der Waals surface area contributed by atoms with E-state index in [1.807, 2.05) is 0 Å². The molecule has 0 aliphatic heterocycles. The van der Waals surface area contributed by atoms with Gasteiger partial charge in [0.15, 0.2) is 0 Å². The van der Waals surface area contributed by atoms with Crippen LogP contribution in [0.15, 0.2) is 0 Å². The van der Waals surface area contributed by atoms with Crippen LogP contribution in [0.1, 0.15) is 13.3 Å². The fourth-order valence-corrected chi connectivity index (χ4v) is 0.921. The van der Waals surface area contributed by atoms with Crippen molar-refractivity contribution in [2.24, 2.45) is 11.1 Å². The third-order valence-electron chi connectivity index (χ3n) is 1.87. The fraction of sp³-hybridized carbons (Fsp3) is 0.875. The van der Waals surface area contributed by atoms with Gasteiger partial charge in [0.1, 0.15) is 0 Å². The summed E-state index contributed by atoms with van der Waals surface area (Å²) in [6, 6.07) is 0. The van der Waals surface area contributed by atoms with Gasteiger partial charge < -0.3 is 20.7 Å². The molecule has 0 saturated heterocycles. The zero-order chi connectivity index (χ0) is 10.3. The molecule has 1 atom stereocenters. The molecule has 0 fully saturated rings. The minimum atomic E-state index is -0.941. The van der Waals surface area contributed by atoms with Crippen LogP contribution in [0.2, 0.25) is 0 Å². The smallest absolute Gasteiger partial charge is 0.311 e. The van der Waals surface area contributed by atoms with Crippen LogP contribution < -0.4 is 5.73 Å². The predicted octanol–water partition coefficient (Wildman–Crippen LogP) is -0.565. The van der Waals surface area contributed by atoms with Crippen LogP contribution in [0.25, 0.3) is 0 Å². The highest BCUT2D eigenvalue weighted by Gasteiger charge is 2.32. The third kappa shape index (κ3) is 4.21. The highest BCUT2D eigenvalue weighted by Crippen LogP contribution is 2.21. The van der Waals surface area contributed by atoms with Gasteiger partial charge in [-0.2, -0.15) is 0 Å². The number of hydrogen-bond donors (Lipinski definition) is 3. The lowest BCUT2D eigenvalue weighted by Gasteiger charge is -2.23. The molecule has 0 unspecified atom stereocenters. The standard InChI is InChI=1S/C8H17NO4/c1-8(2-3-9,7(11)12)6-13-5-4-10/h10H,2-6,9H2,1H3,(H,11,12)/t8-/m0/s1. The molecule has 0 spiro atoms. The average Bonchev–Trinajstić information content (AvgIpc) is 2.05. The first-order chi connectivity index (χ1) is 6.06. The first-order valence-corrected chi connectivity index (χ1v) is 4.19. The van der Waals surface area contributed by atoms with E-state index in [4.69, 9.17) is 20.7 Å². The van der Waals surface area contributed by atoms with Crippen molar-refractivity contribution in [3.63, 3.8) is 0 Å². The summed E-state index contributed by atoms with van der Waals surface area (Å²) in [5, 5.41) is 17.3. The lowest BCUT2D eigenvalue weighted by atomic mass is 9.88. The van der Waals surface area contributed by atoms with E-state index in [-0.39, 0.29) is 19.8 Å². The molecule has 78 valence electrons. The van der Waals surface area contributed by atoms with Gasteiger partial charge in [-0.05, 0) is 19.9 Å². The highest BCUT2D eigenvalue weighted by atomic mass is 16.5. The topological polar surface area (TPSA) is 92.8 Å². The van der Waals surface area contributed by atoms with E-state index in [1.54, 1.807) is 6.92 Å². The summed E-state index contributed by atoms with van der Waals surface area (Å²) in [6.07, 6.45) is 0.369. The zero-order valence-corrected chi connectivity index (χ0v) is 7.82. The fourth-order valence-electron chi connectivity index (χ4n) is 0.921. The quantitative estimate of drug-likeness (QED) is 0.469. The molecule has 13 heavy (non-hydrogen) atoms. The van der Waals surface area contributed by atoms with Gasteiger partial charge in [0.05, 0.1) is 25.2 Å². The molecular formula is C8H17NO4. The second-order valence-corrected chi connectivity index (χ2v) is 3.18. The Morgan fingerprint density at radius 1 is 1.62 bits per heavy atom. The molecule has 5 nitrogen and oxygen atoms in total. The molecule has 0 heterocycles. The largest absolute Gasteiger partial charge is 0.481 e. The number of carboxylic acid groups (broad SMARTS) is 1. The van der Waals surface area contributed by atoms with Gasteiger partial charge >= 0.3 is 5.97 Å². The highest BCUT2D eigenvalue weighted by molar-refractivity contribution is 5.74. The van der Waals surface area contributed by atoms with Gasteiger partial charge in [-0.15, -0.1) is 0 Å². The minimum absolute atomic E-state index is 0.0834. The van der Waals surface area contributed by atoms with Crippen LogP contribution in [-0.4, -0.2) is 42.5 Å². The Morgan fingerprint density at radius 3 is 2.62 bits per heavy atom. The molecule has 0 radical (unpaired) electrons. The van der Waals surface area contributed by atoms with Crippen molar-refractivity contribution in [3.05, 3.63) is 0 Å². The first kappa shape index (κ1) is 12.3. The van der Waals surface area contributed by atoms with E-state index < -0.39 is 11.4 Å². The third-order valence-corrected chi connectivity index (χ3v) is 1.87. The molecule has 0 rings (SSSR count). The number of ether oxygens (including phenoxy) is 1. The van der Waals surface area contributed by atoms with E-state index in [9.17, 15) is 4.79 Å². The lowest BCUT2D eigenvalue weighted by molar-refractivity contribution is -0.152. The van der Waals surface area contributed by atoms with Crippen LogP contribution in [-0.2, 0) is 9.53 Å². The van der Waals surface area contributed by atoms with Gasteiger partial charge in [-0.1, -0.05) is 0 Å². The van der Waals surface area contributed by atoms with Crippen molar-refractivity contribution in [1.29, 1.82) is 0 Å². The van der Waals surface area contributed by atoms with Gasteiger partial charge in [0, 0.05) is 0 Å². The maximum atomic E-state index is 10.8. The van der Waals surface area contributed by atoms with E-state index >= 15 is 0 Å². The van der Waals surface area contributed by atoms with Crippen molar-refractivity contribution in [3.8, 4) is 0 Å². The Hall–Kier alpha value is -0.650. The Bertz CT molecular complexity index is 162. The maximum absolute atomic E-state index is 10.8. The number of carboxylic acids is 1. The van der Waals surface area contributed by atoms with Gasteiger partial charge in [-0.25, -0.2) is 0 Å². The van der Waals surface area contributed by atoms with Crippen LogP contribution in [0.5, 0.6) is 0 Å². The minimum Gasteiger partial charge on any atom is -0.481 e. The molecule has 4 N–H and O–H groups in total. The Morgan fingerprint density at radius 2 is 2.23 bits per heavy atom. The van der Waals surface area contributed by atoms with Crippen LogP contribution >= 0.6 is 0 Å². The molecule has 0 saturated carbocycles. The molecule has 0 aromatic heterocycles. The molecular weight excluding hydrogens is 174 g/mol. The van der Waals surface area contributed by atoms with Crippen LogP contribution in [0, 0.1) is 5.41 Å². The van der Waals surface area contributed by atoms with Gasteiger partial charge in [0.2, 0.25) is 0 Å². The lowest BCUT2D eigenvalue weighted by Crippen LogP contribution is -2.35. The number of aliphatic hydroxyl groups excluding tert-OH is 1. The number of carbonyl (C=O) groups is 1. The summed E-state index contributed by atoms with van der Waals surface area (Å²) in [5.41, 5.74) is 4.35. The van der Waals surface area contributed by atoms with Crippen molar-refractivity contribution in [2.45, 2.75) is 13.3 Å². The van der Waals surface area contributed by atoms with Gasteiger partial charge in [0.25, 0.3) is 0 Å². The number of nitrogens with two attached hydrogens (primary N) is 1. The van der Waals surface area contributed by atoms with Crippen molar-refractivity contribution in [2.75, 3.05) is 26.4 Å². The Kier molecular flexibility index (Phi) is 5.61. The second-order valence-electron chi connectivity index (χ2n) is 3.18. The normalized spacial score (nSPS) is 15.3. The summed E-state index contributed by atoms with van der Waals surface area (Å²) in [4.78, 5) is 10.8. The molecule has 0 aromatic carbocycles. The number of aliphatic carboxylic acids is 1. The number of rotatable bonds is 7. The Balaban J connectivity index is 4.00. The Labute approximate surface area is 77.5 Å². The van der Waals surface area contributed by atoms with Crippen LogP contribution in [0.3, 0.4) is 0 Å². The molecule has 0 aliphatic carbocycles. The second kappa shape index (κ2) is 5.90. The summed E-state index contributed by atoms with van der Waals surface area (Å²) in [6.45, 7) is 2.04. The maximum Gasteiger partial charge on any atom is 0.311 e. The van der Waals surface area contributed by atoms with Crippen molar-refractivity contribution >= 4 is 5.97 Å².